The quantitative estimate of drug-likeness (QED) is 0.723. The summed E-state index contributed by atoms with van der Waals surface area (Å²) in [7, 11) is 0. The third-order valence-electron chi connectivity index (χ3n) is 3.46. The highest BCUT2D eigenvalue weighted by molar-refractivity contribution is 5.91. The number of rotatable bonds is 3. The number of fused-ring (bicyclic) bond motifs is 1. The van der Waals surface area contributed by atoms with Crippen molar-refractivity contribution in [1.29, 1.82) is 0 Å². The van der Waals surface area contributed by atoms with E-state index < -0.39 is 35.8 Å². The average molecular weight is 355 g/mol. The van der Waals surface area contributed by atoms with E-state index in [2.05, 4.69) is 10.3 Å². The van der Waals surface area contributed by atoms with E-state index >= 15 is 0 Å². The number of halogens is 5. The van der Waals surface area contributed by atoms with Crippen molar-refractivity contribution >= 4 is 22.6 Å². The van der Waals surface area contributed by atoms with Crippen LogP contribution in [0.2, 0.25) is 0 Å². The average Bonchev–Trinajstić information content (AvgIpc) is 2.94. The van der Waals surface area contributed by atoms with Crippen LogP contribution in [0.15, 0.2) is 42.7 Å². The van der Waals surface area contributed by atoms with Crippen LogP contribution in [-0.4, -0.2) is 15.5 Å². The van der Waals surface area contributed by atoms with Crippen molar-refractivity contribution in [1.82, 2.24) is 9.55 Å². The Morgan fingerprint density at radius 3 is 2.64 bits per heavy atom. The highest BCUT2D eigenvalue weighted by Crippen LogP contribution is 2.30. The molecular formula is C16H10F5N3O. The van der Waals surface area contributed by atoms with Gasteiger partial charge in [0.25, 0.3) is 0 Å². The molecule has 0 atom stereocenters. The van der Waals surface area contributed by atoms with Crippen molar-refractivity contribution in [2.75, 3.05) is 5.32 Å². The maximum atomic E-state index is 13.9. The van der Waals surface area contributed by atoms with Gasteiger partial charge in [0, 0.05) is 5.69 Å². The second-order valence-electron chi connectivity index (χ2n) is 5.23. The number of anilines is 1. The molecule has 0 saturated heterocycles. The minimum absolute atomic E-state index is 0.0594. The fraction of sp³-hybridized carbons (Fsp3) is 0.125. The molecule has 0 spiro atoms. The molecule has 3 rings (SSSR count). The maximum absolute atomic E-state index is 13.9. The van der Waals surface area contributed by atoms with Gasteiger partial charge in [0.1, 0.15) is 12.1 Å². The van der Waals surface area contributed by atoms with Crippen molar-refractivity contribution in [3.8, 4) is 0 Å². The zero-order valence-electron chi connectivity index (χ0n) is 12.4. The Labute approximate surface area is 137 Å². The van der Waals surface area contributed by atoms with Crippen molar-refractivity contribution in [2.45, 2.75) is 12.7 Å². The molecule has 1 aromatic heterocycles. The van der Waals surface area contributed by atoms with Crippen LogP contribution >= 0.6 is 0 Å². The summed E-state index contributed by atoms with van der Waals surface area (Å²) in [6, 6.07) is 6.27. The van der Waals surface area contributed by atoms with Crippen LogP contribution < -0.4 is 5.32 Å². The molecule has 0 fully saturated rings. The van der Waals surface area contributed by atoms with E-state index in [0.717, 1.165) is 35.2 Å². The van der Waals surface area contributed by atoms with Crippen LogP contribution in [0, 0.1) is 11.6 Å². The van der Waals surface area contributed by atoms with Gasteiger partial charge in [0.05, 0.1) is 17.4 Å². The Morgan fingerprint density at radius 1 is 1.16 bits per heavy atom. The highest BCUT2D eigenvalue weighted by atomic mass is 19.4. The predicted molar refractivity (Wildman–Crippen MR) is 79.7 cm³/mol. The number of hydrogen-bond acceptors (Lipinski definition) is 2. The van der Waals surface area contributed by atoms with Gasteiger partial charge in [-0.3, -0.25) is 4.79 Å². The lowest BCUT2D eigenvalue weighted by Gasteiger charge is -2.10. The number of alkyl halides is 3. The first kappa shape index (κ1) is 16.9. The van der Waals surface area contributed by atoms with Gasteiger partial charge in [-0.05, 0) is 30.3 Å². The van der Waals surface area contributed by atoms with E-state index in [-0.39, 0.29) is 16.7 Å². The van der Waals surface area contributed by atoms with E-state index in [1.165, 1.54) is 12.1 Å². The number of nitrogens with zero attached hydrogens (tertiary/aromatic N) is 2. The molecule has 1 amide bonds. The predicted octanol–water partition coefficient (Wildman–Crippen LogP) is 3.97. The lowest BCUT2D eigenvalue weighted by atomic mass is 10.2. The first-order valence-electron chi connectivity index (χ1n) is 7.01. The van der Waals surface area contributed by atoms with Gasteiger partial charge in [-0.15, -0.1) is 0 Å². The van der Waals surface area contributed by atoms with Gasteiger partial charge in [-0.2, -0.15) is 13.2 Å². The van der Waals surface area contributed by atoms with E-state index in [9.17, 15) is 26.7 Å². The molecule has 25 heavy (non-hydrogen) atoms. The zero-order valence-corrected chi connectivity index (χ0v) is 12.4. The summed E-state index contributed by atoms with van der Waals surface area (Å²) in [6.45, 7) is -0.437. The molecule has 1 heterocycles. The lowest BCUT2D eigenvalue weighted by molar-refractivity contribution is -0.137. The molecular weight excluding hydrogens is 345 g/mol. The van der Waals surface area contributed by atoms with Crippen molar-refractivity contribution < 1.29 is 26.7 Å². The Hall–Kier alpha value is -2.97. The second kappa shape index (κ2) is 6.15. The molecule has 9 heteroatoms. The standard InChI is InChI=1S/C16H10F5N3O/c17-11-4-5-12-15(14(11)18)24(8-22-12)7-13(25)23-10-3-1-2-9(6-10)16(19,20)21/h1-6,8H,7H2,(H,23,25). The SMILES string of the molecule is O=C(Cn1cnc2ccc(F)c(F)c21)Nc1cccc(C(F)(F)F)c1. The van der Waals surface area contributed by atoms with Gasteiger partial charge in [-0.1, -0.05) is 6.07 Å². The summed E-state index contributed by atoms with van der Waals surface area (Å²) in [5, 5.41) is 2.29. The van der Waals surface area contributed by atoms with E-state index in [1.807, 2.05) is 0 Å². The number of aromatic nitrogens is 2. The lowest BCUT2D eigenvalue weighted by Crippen LogP contribution is -2.19. The third kappa shape index (κ3) is 3.44. The van der Waals surface area contributed by atoms with Crippen LogP contribution in [0.5, 0.6) is 0 Å². The van der Waals surface area contributed by atoms with E-state index in [1.54, 1.807) is 0 Å². The molecule has 130 valence electrons. The maximum Gasteiger partial charge on any atom is 0.416 e. The molecule has 0 bridgehead atoms. The summed E-state index contributed by atoms with van der Waals surface area (Å²) < 4.78 is 66.3. The minimum Gasteiger partial charge on any atom is -0.325 e. The number of carbonyl (C=O) groups is 1. The van der Waals surface area contributed by atoms with Crippen LogP contribution in [0.3, 0.4) is 0 Å². The number of imidazole rings is 1. The molecule has 4 nitrogen and oxygen atoms in total. The van der Waals surface area contributed by atoms with Crippen molar-refractivity contribution in [3.63, 3.8) is 0 Å². The van der Waals surface area contributed by atoms with Gasteiger partial charge in [0.2, 0.25) is 5.91 Å². The van der Waals surface area contributed by atoms with Crippen molar-refractivity contribution in [3.05, 3.63) is 59.9 Å². The topological polar surface area (TPSA) is 46.9 Å². The molecule has 0 radical (unpaired) electrons. The second-order valence-corrected chi connectivity index (χ2v) is 5.23. The Kier molecular flexibility index (Phi) is 4.15. The summed E-state index contributed by atoms with van der Waals surface area (Å²) in [6.07, 6.45) is -3.39. The van der Waals surface area contributed by atoms with Crippen LogP contribution in [-0.2, 0) is 17.5 Å². The molecule has 0 unspecified atom stereocenters. The number of amides is 1. The molecule has 0 aliphatic carbocycles. The molecule has 0 saturated carbocycles. The summed E-state index contributed by atoms with van der Waals surface area (Å²) in [5.74, 6) is -2.95. The van der Waals surface area contributed by atoms with Crippen LogP contribution in [0.25, 0.3) is 11.0 Å². The summed E-state index contributed by atoms with van der Waals surface area (Å²) in [5.41, 5.74) is -1.01. The molecule has 2 aromatic carbocycles. The zero-order chi connectivity index (χ0) is 18.2. The fourth-order valence-electron chi connectivity index (χ4n) is 2.35. The fourth-order valence-corrected chi connectivity index (χ4v) is 2.35. The normalized spacial score (nSPS) is 11.7. The number of hydrogen-bond donors (Lipinski definition) is 1. The molecule has 1 N–H and O–H groups in total. The first-order valence-corrected chi connectivity index (χ1v) is 7.01. The number of nitrogens with one attached hydrogen (secondary N) is 1. The smallest absolute Gasteiger partial charge is 0.325 e. The number of benzene rings is 2. The molecule has 3 aromatic rings. The van der Waals surface area contributed by atoms with Gasteiger partial charge >= 0.3 is 6.18 Å². The largest absolute Gasteiger partial charge is 0.416 e. The van der Waals surface area contributed by atoms with Gasteiger partial charge in [0.15, 0.2) is 11.6 Å². The Balaban J connectivity index is 1.81. The summed E-state index contributed by atoms with van der Waals surface area (Å²) in [4.78, 5) is 15.9. The van der Waals surface area contributed by atoms with Crippen LogP contribution in [0.4, 0.5) is 27.6 Å². The summed E-state index contributed by atoms with van der Waals surface area (Å²) >= 11 is 0. The molecule has 0 aliphatic heterocycles. The van der Waals surface area contributed by atoms with Crippen LogP contribution in [0.1, 0.15) is 5.56 Å². The highest BCUT2D eigenvalue weighted by Gasteiger charge is 2.30. The third-order valence-corrected chi connectivity index (χ3v) is 3.46. The minimum atomic E-state index is -4.54. The Morgan fingerprint density at radius 2 is 1.92 bits per heavy atom. The van der Waals surface area contributed by atoms with Gasteiger partial charge < -0.3 is 9.88 Å². The monoisotopic (exact) mass is 355 g/mol. The van der Waals surface area contributed by atoms with Gasteiger partial charge in [-0.25, -0.2) is 13.8 Å². The van der Waals surface area contributed by atoms with Crippen molar-refractivity contribution in [2.24, 2.45) is 0 Å². The Bertz CT molecular complexity index is 949. The number of carbonyl (C=O) groups excluding carboxylic acids is 1. The van der Waals surface area contributed by atoms with E-state index in [4.69, 9.17) is 0 Å². The first-order chi connectivity index (χ1) is 11.8. The molecule has 0 aliphatic rings. The van der Waals surface area contributed by atoms with E-state index in [0.29, 0.717) is 0 Å².